The van der Waals surface area contributed by atoms with Crippen LogP contribution in [0.25, 0.3) is 0 Å². The fourth-order valence-corrected chi connectivity index (χ4v) is 2.68. The summed E-state index contributed by atoms with van der Waals surface area (Å²) in [5.41, 5.74) is 2.46. The third-order valence-corrected chi connectivity index (χ3v) is 4.60. The predicted molar refractivity (Wildman–Crippen MR) is 80.0 cm³/mol. The first kappa shape index (κ1) is 13.3. The molecule has 0 radical (unpaired) electrons. The van der Waals surface area contributed by atoms with E-state index in [9.17, 15) is 9.59 Å². The molecule has 2 N–H and O–H groups in total. The molecule has 0 aliphatic rings. The van der Waals surface area contributed by atoms with E-state index in [-0.39, 0.29) is 10.8 Å². The van der Waals surface area contributed by atoms with Gasteiger partial charge in [-0.2, -0.15) is 0 Å². The molecule has 0 aliphatic heterocycles. The van der Waals surface area contributed by atoms with Crippen molar-refractivity contribution in [3.63, 3.8) is 0 Å². The molecule has 2 rings (SSSR count). The van der Waals surface area contributed by atoms with E-state index in [0.717, 1.165) is 26.2 Å². The highest BCUT2D eigenvalue weighted by Gasteiger charge is 2.11. The van der Waals surface area contributed by atoms with Gasteiger partial charge < -0.3 is 10.3 Å². The van der Waals surface area contributed by atoms with Crippen LogP contribution < -0.4 is 10.2 Å². The summed E-state index contributed by atoms with van der Waals surface area (Å²) in [6.45, 7) is 2.30. The minimum Gasteiger partial charge on any atom is -0.346 e. The Balaban J connectivity index is 2.08. The zero-order valence-electron chi connectivity index (χ0n) is 9.62. The first-order valence-electron chi connectivity index (χ1n) is 5.28. The Morgan fingerprint density at radius 2 is 2.28 bits per heavy atom. The number of aromatic amines is 1. The smallest absolute Gasteiger partial charge is 0.304 e. The average molecular weight is 374 g/mol. The molecule has 94 valence electrons. The summed E-state index contributed by atoms with van der Waals surface area (Å²) < 4.78 is 0.950. The molecule has 1 aromatic carbocycles. The molecule has 0 saturated heterocycles. The van der Waals surface area contributed by atoms with Gasteiger partial charge in [-0.25, -0.2) is 0 Å². The molecule has 0 unspecified atom stereocenters. The molecule has 1 aromatic heterocycles. The minimum atomic E-state index is -0.129. The zero-order chi connectivity index (χ0) is 13.1. The Bertz CT molecular complexity index is 633. The number of carbonyl (C=O) groups excluding carboxylic acids is 1. The quantitative estimate of drug-likeness (QED) is 0.810. The van der Waals surface area contributed by atoms with Gasteiger partial charge in [0.1, 0.15) is 0 Å². The lowest BCUT2D eigenvalue weighted by molar-refractivity contribution is 0.0949. The van der Waals surface area contributed by atoms with Gasteiger partial charge in [-0.15, -0.1) is 0 Å². The first-order valence-corrected chi connectivity index (χ1v) is 7.24. The standard InChI is InChI=1S/C12H11IN2O2S/c1-7-3-2-4-9(10(7)13)11(16)14-5-8-6-18-12(17)15-8/h2-4,6H,5H2,1H3,(H,14,16)(H,15,17). The Labute approximate surface area is 122 Å². The highest BCUT2D eigenvalue weighted by molar-refractivity contribution is 14.1. The monoisotopic (exact) mass is 374 g/mol. The number of thiazole rings is 1. The van der Waals surface area contributed by atoms with Gasteiger partial charge in [0.25, 0.3) is 5.91 Å². The molecule has 0 saturated carbocycles. The molecule has 1 amide bonds. The molecule has 0 fully saturated rings. The number of rotatable bonds is 3. The van der Waals surface area contributed by atoms with Crippen molar-refractivity contribution in [1.82, 2.24) is 10.3 Å². The van der Waals surface area contributed by atoms with E-state index in [1.807, 2.05) is 19.1 Å². The van der Waals surface area contributed by atoms with Gasteiger partial charge in [-0.1, -0.05) is 23.5 Å². The Morgan fingerprint density at radius 3 is 2.94 bits per heavy atom. The minimum absolute atomic E-state index is 0.107. The molecular weight excluding hydrogens is 363 g/mol. The number of hydrogen-bond acceptors (Lipinski definition) is 3. The van der Waals surface area contributed by atoms with E-state index in [4.69, 9.17) is 0 Å². The van der Waals surface area contributed by atoms with Crippen molar-refractivity contribution >= 4 is 39.8 Å². The Kier molecular flexibility index (Phi) is 4.18. The number of nitrogens with one attached hydrogen (secondary N) is 2. The molecule has 18 heavy (non-hydrogen) atoms. The van der Waals surface area contributed by atoms with Crippen molar-refractivity contribution in [1.29, 1.82) is 0 Å². The summed E-state index contributed by atoms with van der Waals surface area (Å²) in [5, 5.41) is 4.50. The lowest BCUT2D eigenvalue weighted by Crippen LogP contribution is -2.24. The molecule has 0 atom stereocenters. The van der Waals surface area contributed by atoms with E-state index in [1.165, 1.54) is 0 Å². The van der Waals surface area contributed by atoms with Gasteiger partial charge in [-0.05, 0) is 41.1 Å². The molecule has 1 heterocycles. The van der Waals surface area contributed by atoms with Crippen molar-refractivity contribution < 1.29 is 4.79 Å². The van der Waals surface area contributed by atoms with Gasteiger partial charge in [0.2, 0.25) is 0 Å². The Morgan fingerprint density at radius 1 is 1.50 bits per heavy atom. The third-order valence-electron chi connectivity index (χ3n) is 2.45. The van der Waals surface area contributed by atoms with Crippen LogP contribution in [-0.4, -0.2) is 10.9 Å². The van der Waals surface area contributed by atoms with Crippen molar-refractivity contribution in [2.45, 2.75) is 13.5 Å². The molecule has 0 spiro atoms. The molecule has 4 nitrogen and oxygen atoms in total. The van der Waals surface area contributed by atoms with E-state index in [2.05, 4.69) is 32.9 Å². The van der Waals surface area contributed by atoms with E-state index < -0.39 is 0 Å². The second-order valence-electron chi connectivity index (χ2n) is 3.79. The number of benzene rings is 1. The van der Waals surface area contributed by atoms with Gasteiger partial charge >= 0.3 is 4.87 Å². The van der Waals surface area contributed by atoms with Gasteiger partial charge in [0.15, 0.2) is 0 Å². The number of halogens is 1. The van der Waals surface area contributed by atoms with Crippen LogP contribution in [0, 0.1) is 10.5 Å². The van der Waals surface area contributed by atoms with Crippen LogP contribution in [0.5, 0.6) is 0 Å². The van der Waals surface area contributed by atoms with E-state index in [1.54, 1.807) is 11.4 Å². The largest absolute Gasteiger partial charge is 0.346 e. The maximum Gasteiger partial charge on any atom is 0.304 e. The number of amides is 1. The Hall–Kier alpha value is -1.15. The summed E-state index contributed by atoms with van der Waals surface area (Å²) >= 11 is 3.26. The number of aryl methyl sites for hydroxylation is 1. The second-order valence-corrected chi connectivity index (χ2v) is 5.71. The fraction of sp³-hybridized carbons (Fsp3) is 0.167. The summed E-state index contributed by atoms with van der Waals surface area (Å²) in [6, 6.07) is 5.62. The SMILES string of the molecule is Cc1cccc(C(=O)NCc2csc(=O)[nH]2)c1I. The van der Waals surface area contributed by atoms with Crippen LogP contribution in [0.4, 0.5) is 0 Å². The van der Waals surface area contributed by atoms with Crippen LogP contribution in [0.2, 0.25) is 0 Å². The summed E-state index contributed by atoms with van der Waals surface area (Å²) in [5.74, 6) is -0.129. The van der Waals surface area contributed by atoms with Crippen LogP contribution in [0.3, 0.4) is 0 Å². The highest BCUT2D eigenvalue weighted by Crippen LogP contribution is 2.16. The van der Waals surface area contributed by atoms with Gasteiger partial charge in [0.05, 0.1) is 12.1 Å². The molecule has 2 aromatic rings. The van der Waals surface area contributed by atoms with Crippen LogP contribution >= 0.6 is 33.9 Å². The molecule has 6 heteroatoms. The first-order chi connectivity index (χ1) is 8.58. The number of H-pyrrole nitrogens is 1. The summed E-state index contributed by atoms with van der Waals surface area (Å²) in [6.07, 6.45) is 0. The number of aromatic nitrogens is 1. The topological polar surface area (TPSA) is 62.0 Å². The molecule has 0 aliphatic carbocycles. The third kappa shape index (κ3) is 2.99. The highest BCUT2D eigenvalue weighted by atomic mass is 127. The van der Waals surface area contributed by atoms with Crippen molar-refractivity contribution in [2.24, 2.45) is 0 Å². The van der Waals surface area contributed by atoms with E-state index >= 15 is 0 Å². The van der Waals surface area contributed by atoms with Gasteiger partial charge in [-0.3, -0.25) is 9.59 Å². The number of carbonyl (C=O) groups is 1. The fourth-order valence-electron chi connectivity index (χ4n) is 1.49. The summed E-state index contributed by atoms with van der Waals surface area (Å²) in [7, 11) is 0. The lowest BCUT2D eigenvalue weighted by Gasteiger charge is -2.07. The maximum absolute atomic E-state index is 12.0. The molecule has 0 bridgehead atoms. The lowest BCUT2D eigenvalue weighted by atomic mass is 10.1. The van der Waals surface area contributed by atoms with Gasteiger partial charge in [0, 0.05) is 14.6 Å². The van der Waals surface area contributed by atoms with Crippen molar-refractivity contribution in [3.05, 3.63) is 53.6 Å². The zero-order valence-corrected chi connectivity index (χ0v) is 12.6. The predicted octanol–water partition coefficient (Wildman–Crippen LogP) is 2.28. The van der Waals surface area contributed by atoms with Crippen LogP contribution in [0.15, 0.2) is 28.4 Å². The van der Waals surface area contributed by atoms with Crippen molar-refractivity contribution in [2.75, 3.05) is 0 Å². The van der Waals surface area contributed by atoms with Crippen LogP contribution in [-0.2, 0) is 6.54 Å². The normalized spacial score (nSPS) is 10.3. The maximum atomic E-state index is 12.0. The molecular formula is C12H11IN2O2S. The second kappa shape index (κ2) is 5.66. The average Bonchev–Trinajstić information content (AvgIpc) is 2.76. The number of hydrogen-bond donors (Lipinski definition) is 2. The summed E-state index contributed by atoms with van der Waals surface area (Å²) in [4.78, 5) is 25.5. The van der Waals surface area contributed by atoms with Crippen molar-refractivity contribution in [3.8, 4) is 0 Å². The van der Waals surface area contributed by atoms with E-state index in [0.29, 0.717) is 12.1 Å². The van der Waals surface area contributed by atoms with Crippen LogP contribution in [0.1, 0.15) is 21.6 Å².